The van der Waals surface area contributed by atoms with Gasteiger partial charge in [0.1, 0.15) is 10.8 Å². The number of nitrogen functional groups attached to an aromatic ring is 1. The van der Waals surface area contributed by atoms with Crippen LogP contribution in [0.25, 0.3) is 10.8 Å². The Hall–Kier alpha value is -2.07. The van der Waals surface area contributed by atoms with Crippen molar-refractivity contribution < 1.29 is 0 Å². The standard InChI is InChI=1S/C14H13ClN4/c1-9-13(15)14(16)19(18-9)8-11-7-17-6-10-4-2-3-5-12(10)11/h2-7H,8,16H2,1H3. The van der Waals surface area contributed by atoms with Crippen molar-refractivity contribution >= 4 is 28.2 Å². The Morgan fingerprint density at radius 3 is 2.79 bits per heavy atom. The summed E-state index contributed by atoms with van der Waals surface area (Å²) in [6, 6.07) is 8.12. The van der Waals surface area contributed by atoms with Crippen molar-refractivity contribution in [1.29, 1.82) is 0 Å². The predicted octanol–water partition coefficient (Wildman–Crippen LogP) is 3.02. The normalized spacial score (nSPS) is 11.1. The van der Waals surface area contributed by atoms with Crippen LogP contribution in [0.4, 0.5) is 5.82 Å². The molecule has 0 aliphatic heterocycles. The summed E-state index contributed by atoms with van der Waals surface area (Å²) < 4.78 is 1.71. The molecular formula is C14H13ClN4. The van der Waals surface area contributed by atoms with Crippen molar-refractivity contribution in [2.45, 2.75) is 13.5 Å². The topological polar surface area (TPSA) is 56.7 Å². The first-order valence-corrected chi connectivity index (χ1v) is 6.34. The van der Waals surface area contributed by atoms with Crippen molar-refractivity contribution in [3.63, 3.8) is 0 Å². The Kier molecular flexibility index (Phi) is 2.87. The van der Waals surface area contributed by atoms with Gasteiger partial charge >= 0.3 is 0 Å². The van der Waals surface area contributed by atoms with Crippen molar-refractivity contribution in [3.05, 3.63) is 52.9 Å². The maximum Gasteiger partial charge on any atom is 0.141 e. The minimum atomic E-state index is 0.493. The monoisotopic (exact) mass is 272 g/mol. The molecule has 0 aliphatic carbocycles. The number of hydrogen-bond donors (Lipinski definition) is 1. The third kappa shape index (κ3) is 2.04. The maximum atomic E-state index is 6.06. The second kappa shape index (κ2) is 4.55. The highest BCUT2D eigenvalue weighted by molar-refractivity contribution is 6.33. The van der Waals surface area contributed by atoms with Crippen molar-refractivity contribution in [2.24, 2.45) is 0 Å². The fraction of sp³-hybridized carbons (Fsp3) is 0.143. The van der Waals surface area contributed by atoms with E-state index in [9.17, 15) is 0 Å². The van der Waals surface area contributed by atoms with Crippen LogP contribution in [0.1, 0.15) is 11.3 Å². The molecular weight excluding hydrogens is 260 g/mol. The Labute approximate surface area is 115 Å². The van der Waals surface area contributed by atoms with Gasteiger partial charge in [-0.25, -0.2) is 4.68 Å². The zero-order valence-electron chi connectivity index (χ0n) is 10.5. The lowest BCUT2D eigenvalue weighted by Crippen LogP contribution is -2.06. The molecule has 5 heteroatoms. The Balaban J connectivity index is 2.08. The zero-order chi connectivity index (χ0) is 13.4. The first-order valence-electron chi connectivity index (χ1n) is 5.97. The molecule has 2 heterocycles. The first-order chi connectivity index (χ1) is 9.16. The molecule has 3 aromatic rings. The van der Waals surface area contributed by atoms with Gasteiger partial charge in [0.25, 0.3) is 0 Å². The van der Waals surface area contributed by atoms with Crippen LogP contribution in [0.5, 0.6) is 0 Å². The van der Waals surface area contributed by atoms with Gasteiger partial charge in [-0.3, -0.25) is 4.98 Å². The third-order valence-electron chi connectivity index (χ3n) is 3.16. The second-order valence-corrected chi connectivity index (χ2v) is 4.84. The van der Waals surface area contributed by atoms with Crippen LogP contribution in [0.15, 0.2) is 36.7 Å². The molecule has 0 unspecified atom stereocenters. The number of pyridine rings is 1. The number of nitrogens with zero attached hydrogens (tertiary/aromatic N) is 3. The van der Waals surface area contributed by atoms with Gasteiger partial charge in [0, 0.05) is 17.8 Å². The molecule has 0 bridgehead atoms. The Morgan fingerprint density at radius 1 is 1.26 bits per heavy atom. The van der Waals surface area contributed by atoms with E-state index >= 15 is 0 Å². The number of fused-ring (bicyclic) bond motifs is 1. The van der Waals surface area contributed by atoms with Crippen LogP contribution in [0.2, 0.25) is 5.02 Å². The van der Waals surface area contributed by atoms with E-state index in [4.69, 9.17) is 17.3 Å². The van der Waals surface area contributed by atoms with Gasteiger partial charge in [0.2, 0.25) is 0 Å². The summed E-state index contributed by atoms with van der Waals surface area (Å²) in [6.07, 6.45) is 3.69. The lowest BCUT2D eigenvalue weighted by molar-refractivity contribution is 0.691. The maximum absolute atomic E-state index is 6.06. The van der Waals surface area contributed by atoms with E-state index in [2.05, 4.69) is 16.1 Å². The summed E-state index contributed by atoms with van der Waals surface area (Å²) in [5, 5.41) is 7.12. The van der Waals surface area contributed by atoms with Gasteiger partial charge in [0.15, 0.2) is 0 Å². The molecule has 0 amide bonds. The number of aryl methyl sites for hydroxylation is 1. The quantitative estimate of drug-likeness (QED) is 0.780. The van der Waals surface area contributed by atoms with Crippen LogP contribution in [-0.2, 0) is 6.54 Å². The second-order valence-electron chi connectivity index (χ2n) is 4.46. The zero-order valence-corrected chi connectivity index (χ0v) is 11.2. The van der Waals surface area contributed by atoms with E-state index in [1.807, 2.05) is 37.5 Å². The number of hydrogen-bond acceptors (Lipinski definition) is 3. The number of halogens is 1. The fourth-order valence-corrected chi connectivity index (χ4v) is 2.30. The molecule has 3 rings (SSSR count). The van der Waals surface area contributed by atoms with E-state index in [0.717, 1.165) is 22.0 Å². The molecule has 19 heavy (non-hydrogen) atoms. The molecule has 0 fully saturated rings. The summed E-state index contributed by atoms with van der Waals surface area (Å²) in [6.45, 7) is 2.41. The predicted molar refractivity (Wildman–Crippen MR) is 77.2 cm³/mol. The number of benzene rings is 1. The molecule has 2 aromatic heterocycles. The number of rotatable bonds is 2. The van der Waals surface area contributed by atoms with Crippen LogP contribution in [-0.4, -0.2) is 14.8 Å². The Morgan fingerprint density at radius 2 is 2.05 bits per heavy atom. The lowest BCUT2D eigenvalue weighted by atomic mass is 10.1. The van der Waals surface area contributed by atoms with Crippen LogP contribution < -0.4 is 5.73 Å². The van der Waals surface area contributed by atoms with Crippen molar-refractivity contribution in [3.8, 4) is 0 Å². The minimum Gasteiger partial charge on any atom is -0.383 e. The molecule has 4 nitrogen and oxygen atoms in total. The smallest absolute Gasteiger partial charge is 0.141 e. The number of anilines is 1. The molecule has 96 valence electrons. The number of aromatic nitrogens is 3. The largest absolute Gasteiger partial charge is 0.383 e. The van der Waals surface area contributed by atoms with Crippen LogP contribution in [0.3, 0.4) is 0 Å². The van der Waals surface area contributed by atoms with Gasteiger partial charge in [-0.05, 0) is 17.9 Å². The SMILES string of the molecule is Cc1nn(Cc2cncc3ccccc23)c(N)c1Cl. The van der Waals surface area contributed by atoms with Gasteiger partial charge in [0.05, 0.1) is 12.2 Å². The van der Waals surface area contributed by atoms with Crippen molar-refractivity contribution in [1.82, 2.24) is 14.8 Å². The summed E-state index contributed by atoms with van der Waals surface area (Å²) in [5.74, 6) is 0.493. The average Bonchev–Trinajstić information content (AvgIpc) is 2.67. The summed E-state index contributed by atoms with van der Waals surface area (Å²) in [4.78, 5) is 4.25. The summed E-state index contributed by atoms with van der Waals surface area (Å²) in [5.41, 5.74) is 7.76. The van der Waals surface area contributed by atoms with E-state index in [-0.39, 0.29) is 0 Å². The van der Waals surface area contributed by atoms with Crippen molar-refractivity contribution in [2.75, 3.05) is 5.73 Å². The molecule has 0 saturated carbocycles. The third-order valence-corrected chi connectivity index (χ3v) is 3.63. The van der Waals surface area contributed by atoms with E-state index in [1.54, 1.807) is 4.68 Å². The van der Waals surface area contributed by atoms with Gasteiger partial charge in [-0.2, -0.15) is 5.10 Å². The number of nitrogens with two attached hydrogens (primary N) is 1. The molecule has 2 N–H and O–H groups in total. The molecule has 0 radical (unpaired) electrons. The van der Waals surface area contributed by atoms with Gasteiger partial charge in [-0.15, -0.1) is 0 Å². The summed E-state index contributed by atoms with van der Waals surface area (Å²) >= 11 is 6.06. The fourth-order valence-electron chi connectivity index (χ4n) is 2.16. The molecule has 1 aromatic carbocycles. The van der Waals surface area contributed by atoms with E-state index < -0.39 is 0 Å². The molecule has 0 atom stereocenters. The average molecular weight is 273 g/mol. The molecule has 0 spiro atoms. The minimum absolute atomic E-state index is 0.493. The molecule has 0 aliphatic rings. The highest BCUT2D eigenvalue weighted by Gasteiger charge is 2.11. The first kappa shape index (κ1) is 12.0. The van der Waals surface area contributed by atoms with E-state index in [0.29, 0.717) is 17.4 Å². The van der Waals surface area contributed by atoms with Crippen LogP contribution >= 0.6 is 11.6 Å². The summed E-state index contributed by atoms with van der Waals surface area (Å²) in [7, 11) is 0. The van der Waals surface area contributed by atoms with Gasteiger partial charge in [-0.1, -0.05) is 35.9 Å². The highest BCUT2D eigenvalue weighted by Crippen LogP contribution is 2.24. The van der Waals surface area contributed by atoms with E-state index in [1.165, 1.54) is 0 Å². The van der Waals surface area contributed by atoms with Gasteiger partial charge < -0.3 is 5.73 Å². The van der Waals surface area contributed by atoms with Crippen LogP contribution in [0, 0.1) is 6.92 Å². The highest BCUT2D eigenvalue weighted by atomic mass is 35.5. The lowest BCUT2D eigenvalue weighted by Gasteiger charge is -2.07. The Bertz CT molecular complexity index is 743. The molecule has 0 saturated heterocycles.